The summed E-state index contributed by atoms with van der Waals surface area (Å²) in [6.45, 7) is 5.89. The molecule has 7 heteroatoms. The van der Waals surface area contributed by atoms with Crippen LogP contribution in [0.1, 0.15) is 39.5 Å². The second kappa shape index (κ2) is 12.6. The molecule has 0 aromatic heterocycles. The van der Waals surface area contributed by atoms with Crippen molar-refractivity contribution in [3.63, 3.8) is 0 Å². The number of hydrogen-bond donors (Lipinski definition) is 0. The Hall–Kier alpha value is -1.73. The van der Waals surface area contributed by atoms with Gasteiger partial charge in [-0.15, -0.1) is 0 Å². The van der Waals surface area contributed by atoms with Gasteiger partial charge < -0.3 is 14.2 Å². The molecule has 0 aliphatic carbocycles. The van der Waals surface area contributed by atoms with Crippen molar-refractivity contribution in [2.75, 3.05) is 39.6 Å². The maximum Gasteiger partial charge on any atom is 0.308 e. The first-order valence-electron chi connectivity index (χ1n) is 8.95. The number of hydrogen-bond acceptors (Lipinski definition) is 6. The highest BCUT2D eigenvalue weighted by molar-refractivity contribution is 6.12. The first kappa shape index (κ1) is 21.3. The van der Waals surface area contributed by atoms with E-state index in [0.717, 1.165) is 30.6 Å². The van der Waals surface area contributed by atoms with Gasteiger partial charge in [0.25, 0.3) is 11.8 Å². The van der Waals surface area contributed by atoms with Crippen LogP contribution in [0.3, 0.4) is 0 Å². The van der Waals surface area contributed by atoms with Crippen molar-refractivity contribution in [2.24, 2.45) is 5.92 Å². The molecule has 1 atom stereocenters. The summed E-state index contributed by atoms with van der Waals surface area (Å²) in [4.78, 5) is 35.6. The van der Waals surface area contributed by atoms with Gasteiger partial charge in [0.2, 0.25) is 0 Å². The monoisotopic (exact) mass is 355 g/mol. The molecular weight excluding hydrogens is 326 g/mol. The highest BCUT2D eigenvalue weighted by atomic mass is 16.6. The van der Waals surface area contributed by atoms with Crippen LogP contribution in [0.15, 0.2) is 12.2 Å². The van der Waals surface area contributed by atoms with Crippen molar-refractivity contribution in [3.05, 3.63) is 12.2 Å². The Balaban J connectivity index is 1.95. The van der Waals surface area contributed by atoms with Crippen LogP contribution in [0, 0.1) is 5.92 Å². The summed E-state index contributed by atoms with van der Waals surface area (Å²) < 4.78 is 15.9. The van der Waals surface area contributed by atoms with Gasteiger partial charge in [-0.3, -0.25) is 19.3 Å². The lowest BCUT2D eigenvalue weighted by molar-refractivity contribution is -0.150. The number of nitrogens with zero attached hydrogens (tertiary/aromatic N) is 1. The van der Waals surface area contributed by atoms with Crippen molar-refractivity contribution in [3.8, 4) is 0 Å². The molecule has 0 spiro atoms. The number of ether oxygens (including phenoxy) is 3. The highest BCUT2D eigenvalue weighted by Crippen LogP contribution is 2.14. The Morgan fingerprint density at radius 2 is 1.60 bits per heavy atom. The summed E-state index contributed by atoms with van der Waals surface area (Å²) in [6, 6.07) is 0. The Kier molecular flexibility index (Phi) is 10.7. The molecule has 25 heavy (non-hydrogen) atoms. The van der Waals surface area contributed by atoms with Crippen LogP contribution in [0.25, 0.3) is 0 Å². The molecule has 0 saturated heterocycles. The van der Waals surface area contributed by atoms with E-state index in [9.17, 15) is 14.4 Å². The lowest BCUT2D eigenvalue weighted by Gasteiger charge is -2.14. The van der Waals surface area contributed by atoms with Gasteiger partial charge in [0.15, 0.2) is 0 Å². The highest BCUT2D eigenvalue weighted by Gasteiger charge is 2.22. The summed E-state index contributed by atoms with van der Waals surface area (Å²) in [6.07, 6.45) is 6.27. The Bertz CT molecular complexity index is 444. The zero-order chi connectivity index (χ0) is 18.5. The zero-order valence-corrected chi connectivity index (χ0v) is 15.2. The molecule has 1 rings (SSSR count). The largest absolute Gasteiger partial charge is 0.463 e. The smallest absolute Gasteiger partial charge is 0.308 e. The number of imide groups is 1. The minimum Gasteiger partial charge on any atom is -0.463 e. The number of carbonyl (C=O) groups is 3. The molecule has 0 bridgehead atoms. The molecule has 1 unspecified atom stereocenters. The molecule has 0 saturated carbocycles. The van der Waals surface area contributed by atoms with Crippen molar-refractivity contribution in [1.82, 2.24) is 4.90 Å². The standard InChI is InChI=1S/C18H29NO6/c1-3-5-6-15(4-2)18(22)25-14-13-24-12-11-23-10-9-19-16(20)7-8-17(19)21/h7-8,15H,3-6,9-14H2,1-2H3. The molecule has 0 radical (unpaired) electrons. The lowest BCUT2D eigenvalue weighted by atomic mass is 10.00. The van der Waals surface area contributed by atoms with Gasteiger partial charge in [0.05, 0.1) is 38.9 Å². The van der Waals surface area contributed by atoms with Crippen LogP contribution < -0.4 is 0 Å². The van der Waals surface area contributed by atoms with Crippen LogP contribution in [0.2, 0.25) is 0 Å². The molecule has 7 nitrogen and oxygen atoms in total. The van der Waals surface area contributed by atoms with Crippen molar-refractivity contribution < 1.29 is 28.6 Å². The van der Waals surface area contributed by atoms with Crippen molar-refractivity contribution in [1.29, 1.82) is 0 Å². The van der Waals surface area contributed by atoms with Crippen LogP contribution >= 0.6 is 0 Å². The number of amides is 2. The van der Waals surface area contributed by atoms with E-state index in [2.05, 4.69) is 6.92 Å². The van der Waals surface area contributed by atoms with Crippen molar-refractivity contribution in [2.45, 2.75) is 39.5 Å². The molecule has 0 aromatic rings. The van der Waals surface area contributed by atoms with Gasteiger partial charge >= 0.3 is 5.97 Å². The number of rotatable bonds is 14. The third kappa shape index (κ3) is 8.27. The van der Waals surface area contributed by atoms with Crippen LogP contribution in [-0.4, -0.2) is 62.3 Å². The molecular formula is C18H29NO6. The quantitative estimate of drug-likeness (QED) is 0.268. The molecule has 1 heterocycles. The van der Waals surface area contributed by atoms with Gasteiger partial charge in [-0.1, -0.05) is 26.7 Å². The van der Waals surface area contributed by atoms with E-state index < -0.39 is 0 Å². The maximum atomic E-state index is 11.9. The fourth-order valence-corrected chi connectivity index (χ4v) is 2.39. The molecule has 1 aliphatic rings. The third-order valence-corrected chi connectivity index (χ3v) is 3.94. The zero-order valence-electron chi connectivity index (χ0n) is 15.2. The number of unbranched alkanes of at least 4 members (excludes halogenated alkanes) is 1. The van der Waals surface area contributed by atoms with Gasteiger partial charge in [0.1, 0.15) is 6.61 Å². The Morgan fingerprint density at radius 3 is 2.20 bits per heavy atom. The van der Waals surface area contributed by atoms with Gasteiger partial charge in [-0.2, -0.15) is 0 Å². The van der Waals surface area contributed by atoms with Crippen LogP contribution in [-0.2, 0) is 28.6 Å². The Morgan fingerprint density at radius 1 is 1.00 bits per heavy atom. The normalized spacial score (nSPS) is 15.0. The van der Waals surface area contributed by atoms with E-state index in [1.54, 1.807) is 0 Å². The maximum absolute atomic E-state index is 11.9. The molecule has 2 amide bonds. The molecule has 0 N–H and O–H groups in total. The summed E-state index contributed by atoms with van der Waals surface area (Å²) in [5.74, 6) is -0.787. The average Bonchev–Trinajstić information content (AvgIpc) is 2.92. The first-order chi connectivity index (χ1) is 12.1. The summed E-state index contributed by atoms with van der Waals surface area (Å²) >= 11 is 0. The van der Waals surface area contributed by atoms with E-state index >= 15 is 0 Å². The topological polar surface area (TPSA) is 82.1 Å². The molecule has 1 aliphatic heterocycles. The average molecular weight is 355 g/mol. The summed E-state index contributed by atoms with van der Waals surface area (Å²) in [7, 11) is 0. The second-order valence-electron chi connectivity index (χ2n) is 5.80. The fourth-order valence-electron chi connectivity index (χ4n) is 2.39. The molecule has 0 aromatic carbocycles. The van der Waals surface area contributed by atoms with Crippen LogP contribution in [0.4, 0.5) is 0 Å². The third-order valence-electron chi connectivity index (χ3n) is 3.94. The summed E-state index contributed by atoms with van der Waals surface area (Å²) in [5, 5.41) is 0. The second-order valence-corrected chi connectivity index (χ2v) is 5.80. The first-order valence-corrected chi connectivity index (χ1v) is 8.95. The minimum atomic E-state index is -0.309. The van der Waals surface area contributed by atoms with Gasteiger partial charge in [-0.25, -0.2) is 0 Å². The molecule has 0 fully saturated rings. The van der Waals surface area contributed by atoms with Gasteiger partial charge in [0, 0.05) is 12.2 Å². The molecule has 142 valence electrons. The van der Waals surface area contributed by atoms with Gasteiger partial charge in [-0.05, 0) is 12.8 Å². The van der Waals surface area contributed by atoms with E-state index in [1.807, 2.05) is 6.92 Å². The minimum absolute atomic E-state index is 0.0196. The van der Waals surface area contributed by atoms with E-state index in [1.165, 1.54) is 12.2 Å². The van der Waals surface area contributed by atoms with E-state index in [0.29, 0.717) is 19.8 Å². The Labute approximate surface area is 149 Å². The summed E-state index contributed by atoms with van der Waals surface area (Å²) in [5.41, 5.74) is 0. The number of esters is 1. The predicted molar refractivity (Wildman–Crippen MR) is 91.8 cm³/mol. The van der Waals surface area contributed by atoms with E-state index in [-0.39, 0.29) is 43.5 Å². The fraction of sp³-hybridized carbons (Fsp3) is 0.722. The lowest BCUT2D eigenvalue weighted by Crippen LogP contribution is -2.33. The SMILES string of the molecule is CCCCC(CC)C(=O)OCCOCCOCCN1C(=O)C=CC1=O. The van der Waals surface area contributed by atoms with E-state index in [4.69, 9.17) is 14.2 Å². The van der Waals surface area contributed by atoms with Crippen molar-refractivity contribution >= 4 is 17.8 Å². The van der Waals surface area contributed by atoms with Crippen LogP contribution in [0.5, 0.6) is 0 Å². The predicted octanol–water partition coefficient (Wildman–Crippen LogP) is 1.70. The number of carbonyl (C=O) groups excluding carboxylic acids is 3.